The van der Waals surface area contributed by atoms with E-state index < -0.39 is 17.8 Å². The summed E-state index contributed by atoms with van der Waals surface area (Å²) in [6, 6.07) is 8.53. The van der Waals surface area contributed by atoms with Gasteiger partial charge in [0.25, 0.3) is 11.8 Å². The first kappa shape index (κ1) is 34.9. The van der Waals surface area contributed by atoms with E-state index in [0.29, 0.717) is 23.9 Å². The van der Waals surface area contributed by atoms with Crippen LogP contribution in [0.5, 0.6) is 5.75 Å². The highest BCUT2D eigenvalue weighted by Gasteiger charge is 2.38. The molecule has 264 valence electrons. The van der Waals surface area contributed by atoms with Crippen LogP contribution in [-0.2, 0) is 9.59 Å². The zero-order chi connectivity index (χ0) is 34.3. The maximum absolute atomic E-state index is 14.5. The van der Waals surface area contributed by atoms with Gasteiger partial charge in [-0.15, -0.1) is 0 Å². The van der Waals surface area contributed by atoms with Crippen LogP contribution >= 0.6 is 0 Å². The molecule has 0 radical (unpaired) electrons. The van der Waals surface area contributed by atoms with Gasteiger partial charge in [-0.1, -0.05) is 38.5 Å². The van der Waals surface area contributed by atoms with Gasteiger partial charge in [-0.3, -0.25) is 19.2 Å². The predicted molar refractivity (Wildman–Crippen MR) is 184 cm³/mol. The molecule has 2 saturated carbocycles. The van der Waals surface area contributed by atoms with Crippen LogP contribution in [0.1, 0.15) is 110 Å². The third kappa shape index (κ3) is 8.79. The summed E-state index contributed by atoms with van der Waals surface area (Å²) in [6.45, 7) is 4.12. The van der Waals surface area contributed by atoms with E-state index in [9.17, 15) is 23.6 Å². The quantitative estimate of drug-likeness (QED) is 0.367. The minimum atomic E-state index is -0.916. The number of hydrogen-bond acceptors (Lipinski definition) is 5. The van der Waals surface area contributed by atoms with Crippen molar-refractivity contribution in [3.8, 4) is 5.75 Å². The molecule has 6 rings (SSSR count). The Kier molecular flexibility index (Phi) is 11.5. The number of nitrogens with zero attached hydrogens (tertiary/aromatic N) is 2. The number of carbonyl (C=O) groups excluding carboxylic acids is 4. The lowest BCUT2D eigenvalue weighted by Gasteiger charge is -2.41. The molecule has 49 heavy (non-hydrogen) atoms. The average Bonchev–Trinajstić information content (AvgIpc) is 3.63. The van der Waals surface area contributed by atoms with Crippen molar-refractivity contribution in [2.45, 2.75) is 95.6 Å². The van der Waals surface area contributed by atoms with Gasteiger partial charge in [-0.2, -0.15) is 0 Å². The molecule has 2 aliphatic heterocycles. The van der Waals surface area contributed by atoms with E-state index in [-0.39, 0.29) is 54.7 Å². The lowest BCUT2D eigenvalue weighted by Crippen LogP contribution is -2.81. The first-order chi connectivity index (χ1) is 23.7. The minimum Gasteiger partial charge on any atom is -0.484 e. The Morgan fingerprint density at radius 2 is 1.63 bits per heavy atom. The molecule has 2 saturated heterocycles. The Morgan fingerprint density at radius 1 is 0.878 bits per heavy atom. The molecule has 2 heterocycles. The molecule has 2 aliphatic carbocycles. The molecule has 0 spiro atoms. The number of amides is 4. The summed E-state index contributed by atoms with van der Waals surface area (Å²) in [7, 11) is 0. The summed E-state index contributed by atoms with van der Waals surface area (Å²) in [5, 5.41) is 7.91. The molecule has 0 aromatic heterocycles. The Labute approximate surface area is 288 Å². The van der Waals surface area contributed by atoms with Gasteiger partial charge < -0.3 is 30.5 Å². The Morgan fingerprint density at radius 3 is 2.35 bits per heavy atom. The molecule has 2 aromatic carbocycles. The van der Waals surface area contributed by atoms with Gasteiger partial charge in [-0.05, 0) is 79.5 Å². The van der Waals surface area contributed by atoms with E-state index >= 15 is 0 Å². The summed E-state index contributed by atoms with van der Waals surface area (Å²) in [5.41, 5.74) is 1.84. The van der Waals surface area contributed by atoms with Crippen LogP contribution in [-0.4, -0.2) is 84.8 Å². The van der Waals surface area contributed by atoms with Crippen LogP contribution in [0.3, 0.4) is 0 Å². The van der Waals surface area contributed by atoms with Gasteiger partial charge in [0.2, 0.25) is 11.8 Å². The molecule has 2 unspecified atom stereocenters. The molecular weight excluding hydrogens is 625 g/mol. The summed E-state index contributed by atoms with van der Waals surface area (Å²) >= 11 is 0. The molecule has 4 fully saturated rings. The molecule has 4 amide bonds. The molecule has 10 nitrogen and oxygen atoms in total. The Hall–Kier alpha value is -3.99. The number of quaternary nitrogens is 1. The van der Waals surface area contributed by atoms with Gasteiger partial charge in [0.1, 0.15) is 24.2 Å². The number of carbonyl (C=O) groups is 4. The van der Waals surface area contributed by atoms with Crippen LogP contribution in [0.15, 0.2) is 36.4 Å². The number of nitrogens with two attached hydrogens (primary N) is 1. The van der Waals surface area contributed by atoms with Crippen molar-refractivity contribution in [1.29, 1.82) is 0 Å². The third-order valence-corrected chi connectivity index (χ3v) is 10.7. The van der Waals surface area contributed by atoms with E-state index in [1.54, 1.807) is 4.90 Å². The fourth-order valence-corrected chi connectivity index (χ4v) is 8.06. The molecule has 4 aliphatic rings. The first-order valence-corrected chi connectivity index (χ1v) is 18.3. The highest BCUT2D eigenvalue weighted by Crippen LogP contribution is 2.39. The standard InChI is InChI=1S/C38H50FN5O5/c1-25(45)42-31-19-29(18-30(39)21-31)37(47)43-16-17-44(34(24-43)36(46)41-22-26-8-4-2-5-9-26)38(48)28-12-13-35(49-32-14-15-40-23-32)33(20-28)27-10-6-3-7-11-27/h12-13,18-21,26-27,32,34,40H,2-11,14-17,22-24H2,1H3,(H,41,46)(H,42,45)/p+1. The Balaban J connectivity index is 1.25. The number of benzene rings is 2. The van der Waals surface area contributed by atoms with Gasteiger partial charge >= 0.3 is 0 Å². The second-order valence-electron chi connectivity index (χ2n) is 14.4. The monoisotopic (exact) mass is 676 g/mol. The van der Waals surface area contributed by atoms with Gasteiger partial charge in [0.15, 0.2) is 6.10 Å². The van der Waals surface area contributed by atoms with Crippen molar-refractivity contribution >= 4 is 29.3 Å². The first-order valence-electron chi connectivity index (χ1n) is 18.3. The van der Waals surface area contributed by atoms with E-state index in [4.69, 9.17) is 4.74 Å². The van der Waals surface area contributed by atoms with Crippen molar-refractivity contribution in [2.75, 3.05) is 44.6 Å². The lowest BCUT2D eigenvalue weighted by molar-refractivity contribution is -0.638. The summed E-state index contributed by atoms with van der Waals surface area (Å²) in [4.78, 5) is 56.7. The number of piperazine rings is 1. The second kappa shape index (κ2) is 16.1. The number of rotatable bonds is 9. The normalized spacial score (nSPS) is 22.1. The molecule has 2 aromatic rings. The van der Waals surface area contributed by atoms with Crippen molar-refractivity contribution < 1.29 is 33.6 Å². The van der Waals surface area contributed by atoms with Gasteiger partial charge in [0, 0.05) is 49.8 Å². The molecule has 0 bridgehead atoms. The Bertz CT molecular complexity index is 1520. The fourth-order valence-electron chi connectivity index (χ4n) is 8.06. The van der Waals surface area contributed by atoms with E-state index in [0.717, 1.165) is 94.3 Å². The van der Waals surface area contributed by atoms with Crippen LogP contribution < -0.4 is 20.7 Å². The minimum absolute atomic E-state index is 0.0259. The van der Waals surface area contributed by atoms with Crippen molar-refractivity contribution in [3.63, 3.8) is 0 Å². The number of hydrogen-bond donors (Lipinski definition) is 3. The maximum atomic E-state index is 14.5. The number of ether oxygens (including phenoxy) is 1. The highest BCUT2D eigenvalue weighted by molar-refractivity contribution is 6.00. The van der Waals surface area contributed by atoms with E-state index in [1.807, 2.05) is 18.2 Å². The topological polar surface area (TPSA) is 125 Å². The number of nitrogens with one attached hydrogen (secondary N) is 2. The predicted octanol–water partition coefficient (Wildman–Crippen LogP) is 4.21. The zero-order valence-corrected chi connectivity index (χ0v) is 28.7. The van der Waals surface area contributed by atoms with E-state index in [2.05, 4.69) is 16.0 Å². The van der Waals surface area contributed by atoms with Crippen molar-refractivity contribution in [3.05, 3.63) is 58.9 Å². The molecular formula is C38H51FN5O5+. The van der Waals surface area contributed by atoms with Gasteiger partial charge in [0.05, 0.1) is 13.1 Å². The third-order valence-electron chi connectivity index (χ3n) is 10.7. The average molecular weight is 677 g/mol. The molecule has 4 N–H and O–H groups in total. The SMILES string of the molecule is CC(=O)Nc1cc(F)cc(C(=O)N2CCN(C(=O)c3ccc(OC4CC[NH2+]C4)c(C4CCCCC4)c3)C(C(=O)NCC3CCCCC3)C2)c1. The summed E-state index contributed by atoms with van der Waals surface area (Å²) in [6.07, 6.45) is 12.4. The highest BCUT2D eigenvalue weighted by atomic mass is 19.1. The van der Waals surface area contributed by atoms with E-state index in [1.165, 1.54) is 30.7 Å². The molecule has 2 atom stereocenters. The number of halogens is 1. The number of anilines is 1. The largest absolute Gasteiger partial charge is 0.484 e. The van der Waals surface area contributed by atoms with Gasteiger partial charge in [-0.25, -0.2) is 4.39 Å². The van der Waals surface area contributed by atoms with Crippen molar-refractivity contribution in [2.24, 2.45) is 5.92 Å². The lowest BCUT2D eigenvalue weighted by atomic mass is 9.83. The van der Waals surface area contributed by atoms with Crippen LogP contribution in [0.2, 0.25) is 0 Å². The summed E-state index contributed by atoms with van der Waals surface area (Å²) < 4.78 is 21.0. The second-order valence-corrected chi connectivity index (χ2v) is 14.4. The smallest absolute Gasteiger partial charge is 0.254 e. The molecule has 11 heteroatoms. The van der Waals surface area contributed by atoms with Crippen LogP contribution in [0.4, 0.5) is 10.1 Å². The maximum Gasteiger partial charge on any atom is 0.254 e. The van der Waals surface area contributed by atoms with Crippen molar-refractivity contribution in [1.82, 2.24) is 15.1 Å². The fraction of sp³-hybridized carbons (Fsp3) is 0.579. The van der Waals surface area contributed by atoms with Crippen LogP contribution in [0, 0.1) is 11.7 Å². The summed E-state index contributed by atoms with van der Waals surface area (Å²) in [5.74, 6) is -0.471. The van der Waals surface area contributed by atoms with Crippen LogP contribution in [0.25, 0.3) is 0 Å². The zero-order valence-electron chi connectivity index (χ0n) is 28.7.